The van der Waals surface area contributed by atoms with Crippen LogP contribution in [0.15, 0.2) is 220 Å². The number of carbonyl (C=O) groups excluding carboxylic acids is 3. The van der Waals surface area contributed by atoms with E-state index in [4.69, 9.17) is 33.6 Å². The molecule has 126 heavy (non-hydrogen) atoms. The van der Waals surface area contributed by atoms with Gasteiger partial charge >= 0.3 is 50.2 Å². The first-order valence-corrected chi connectivity index (χ1v) is 41.0. The van der Waals surface area contributed by atoms with Crippen molar-refractivity contribution in [3.63, 3.8) is 0 Å². The van der Waals surface area contributed by atoms with Gasteiger partial charge in [0.05, 0.1) is 75.5 Å². The van der Waals surface area contributed by atoms with Crippen LogP contribution in [0.4, 0.5) is 24.5 Å². The lowest BCUT2D eigenvalue weighted by Gasteiger charge is -2.19. The number of hydrogen-bond acceptors (Lipinski definition) is 28. The maximum absolute atomic E-state index is 13.6. The maximum Gasteiger partial charge on any atom is 0.534 e. The first-order chi connectivity index (χ1) is 60.4. The third-order valence-electron chi connectivity index (χ3n) is 19.2. The van der Waals surface area contributed by atoms with E-state index in [0.29, 0.717) is 69.0 Å². The number of aryl methyl sites for hydroxylation is 4. The maximum atomic E-state index is 13.6. The van der Waals surface area contributed by atoms with Gasteiger partial charge in [0, 0.05) is 19.2 Å². The summed E-state index contributed by atoms with van der Waals surface area (Å²) in [6.45, 7) is 21.1. The van der Waals surface area contributed by atoms with Gasteiger partial charge in [-0.3, -0.25) is 19.2 Å². The third-order valence-corrected chi connectivity index (χ3v) is 20.1. The van der Waals surface area contributed by atoms with Crippen LogP contribution < -0.4 is 56.4 Å². The summed E-state index contributed by atoms with van der Waals surface area (Å²) in [4.78, 5) is 146. The largest absolute Gasteiger partial charge is 0.534 e. The van der Waals surface area contributed by atoms with Crippen molar-refractivity contribution in [2.45, 2.75) is 133 Å². The lowest BCUT2D eigenvalue weighted by molar-refractivity contribution is -0.0500. The second-order valence-electron chi connectivity index (χ2n) is 28.5. The molecule has 14 aromatic rings. The van der Waals surface area contributed by atoms with E-state index in [2.05, 4.69) is 119 Å². The molecule has 8 aromatic heterocycles. The van der Waals surface area contributed by atoms with Gasteiger partial charge in [0.1, 0.15) is 57.5 Å². The number of aromatic hydroxyl groups is 1. The molecule has 0 aliphatic heterocycles. The highest BCUT2D eigenvalue weighted by molar-refractivity contribution is 7.88. The number of nitrogens with zero attached hydrogens (tertiary/aromatic N) is 12. The van der Waals surface area contributed by atoms with Crippen molar-refractivity contribution in [1.82, 2.24) is 58.8 Å². The molecule has 8 heterocycles. The highest BCUT2D eigenvalue weighted by Gasteiger charge is 2.50. The number of carbonyl (C=O) groups is 3. The molecule has 0 aliphatic rings. The van der Waals surface area contributed by atoms with Gasteiger partial charge in [-0.15, -0.1) is 18.9 Å². The van der Waals surface area contributed by atoms with Crippen molar-refractivity contribution >= 4 is 83.5 Å². The number of ether oxygens (including phenoxy) is 3. The van der Waals surface area contributed by atoms with Gasteiger partial charge in [0.15, 0.2) is 45.0 Å². The molecule has 3 N–H and O–H groups in total. The molecule has 0 spiro atoms. The second-order valence-corrected chi connectivity index (χ2v) is 30.0. The van der Waals surface area contributed by atoms with Gasteiger partial charge in [0.2, 0.25) is 0 Å². The lowest BCUT2D eigenvalue weighted by Crippen LogP contribution is -2.35. The van der Waals surface area contributed by atoms with Crippen LogP contribution in [0.2, 0.25) is 0 Å². The van der Waals surface area contributed by atoms with E-state index >= 15 is 0 Å². The molecule has 14 rings (SSSR count). The van der Waals surface area contributed by atoms with Crippen molar-refractivity contribution < 1.29 is 78.8 Å². The summed E-state index contributed by atoms with van der Waals surface area (Å²) in [7, 11) is -6.27. The second kappa shape index (κ2) is 41.7. The molecule has 0 saturated carbocycles. The van der Waals surface area contributed by atoms with Crippen LogP contribution in [0.25, 0.3) is 44.1 Å². The average molecular weight is 1740 g/mol. The smallest absolute Gasteiger partial charge is 0.506 e. The van der Waals surface area contributed by atoms with Crippen molar-refractivity contribution in [2.24, 2.45) is 0 Å². The number of pyridine rings is 4. The van der Waals surface area contributed by atoms with E-state index in [1.54, 1.807) is 64.1 Å². The predicted octanol–water partition coefficient (Wildman–Crippen LogP) is 12.8. The Labute approximate surface area is 719 Å². The predicted molar refractivity (Wildman–Crippen MR) is 462 cm³/mol. The van der Waals surface area contributed by atoms with Gasteiger partial charge in [-0.1, -0.05) is 198 Å². The Kier molecular flexibility index (Phi) is 30.4. The monoisotopic (exact) mass is 1740 g/mol. The summed E-state index contributed by atoms with van der Waals surface area (Å²) >= 11 is 0. The molecule has 32 nitrogen and oxygen atoms in total. The minimum atomic E-state index is -6.27. The summed E-state index contributed by atoms with van der Waals surface area (Å²) in [5.74, 6) is -3.88. The number of rotatable bonds is 28. The van der Waals surface area contributed by atoms with Gasteiger partial charge in [-0.05, 0) is 105 Å². The van der Waals surface area contributed by atoms with E-state index in [1.807, 2.05) is 110 Å². The van der Waals surface area contributed by atoms with E-state index < -0.39 is 83.9 Å². The Morgan fingerprint density at radius 2 is 0.738 bits per heavy atom. The lowest BCUT2D eigenvalue weighted by atomic mass is 10.0. The molecule has 0 amide bonds. The third kappa shape index (κ3) is 21.7. The fourth-order valence-corrected chi connectivity index (χ4v) is 13.2. The molecule has 0 atom stereocenters. The first kappa shape index (κ1) is 91.8. The summed E-state index contributed by atoms with van der Waals surface area (Å²) in [5, 5.41) is 18.1. The first-order valence-electron chi connectivity index (χ1n) is 39.6. The fourth-order valence-electron chi connectivity index (χ4n) is 12.7. The number of aromatic nitrogens is 12. The molecular weight excluding hydrogens is 1650 g/mol. The number of esters is 3. The number of benzene rings is 6. The van der Waals surface area contributed by atoms with Crippen LogP contribution in [-0.2, 0) is 63.8 Å². The summed E-state index contributed by atoms with van der Waals surface area (Å²) in [6.07, 6.45) is 5.06. The number of fused-ring (bicyclic) bond motifs is 4. The van der Waals surface area contributed by atoms with E-state index in [0.717, 1.165) is 54.7 Å². The van der Waals surface area contributed by atoms with Crippen LogP contribution >= 0.6 is 0 Å². The molecular formula is C90H89F3N14O18S. The Hall–Kier alpha value is -15.0. The topological polar surface area (TPSA) is 395 Å². The van der Waals surface area contributed by atoms with Crippen molar-refractivity contribution in [3.05, 3.63) is 327 Å². The normalized spacial score (nSPS) is 11.2. The minimum absolute atomic E-state index is 0.0604. The standard InChI is InChI=1S/C28H30N4O4.C25H26N4O2.C19H16F3N3O7S.C18H17N3O5/c1-5-35-28(34)24-25(29-15-20-11-13-22(14-12-20)18(2)3)23-19(4)30-17-31-26(23)32(27(24)33)36-16-21-9-7-6-8-10-21;1-17(2)21-11-9-19(10-12-21)14-26-22-13-23(30)29(25-24(22)18(3)27-16-28-25)31-15-20-7-5-4-6-8-20;1-3-30-18(27)14-15(32-33(28,29)19(20,21)22)13-11(2)23-10-24-16(13)25(17(14)26)31-9-12-7-5-4-6-8-12;1-3-25-18(24)14-15(22)13-11(2)19-10-20-16(13)21(17(14)23)26-9-12-7-5-4-6-8-12/h6-14,17-18,29H,5,15-16H2,1-4H3;4-13,16-17,26H,14-15H2,1-3H3;4-8,10H,3,9H2,1-2H3;4-8,10,22H,3,9H2,1-2H3. The van der Waals surface area contributed by atoms with Crippen molar-refractivity contribution in [1.29, 1.82) is 0 Å². The Balaban J connectivity index is 0.000000164. The molecule has 0 unspecified atom stereocenters. The fraction of sp³-hybridized carbons (Fsp3) is 0.256. The van der Waals surface area contributed by atoms with E-state index in [9.17, 15) is 60.3 Å². The summed E-state index contributed by atoms with van der Waals surface area (Å²) < 4.78 is 85.4. The van der Waals surface area contributed by atoms with Crippen LogP contribution in [0.1, 0.15) is 159 Å². The number of nitrogens with one attached hydrogen (secondary N) is 2. The number of hydrogen-bond donors (Lipinski definition) is 3. The molecule has 0 radical (unpaired) electrons. The van der Waals surface area contributed by atoms with Crippen LogP contribution in [0, 0.1) is 27.7 Å². The number of alkyl halides is 3. The van der Waals surface area contributed by atoms with Crippen molar-refractivity contribution in [3.8, 4) is 11.5 Å². The molecule has 0 aliphatic carbocycles. The van der Waals surface area contributed by atoms with Gasteiger partial charge < -0.3 is 53.5 Å². The molecule has 0 fully saturated rings. The SMILES string of the molecule is CCOC(=O)c1c(NCc2ccc(C(C)C)cc2)c2c(C)ncnc2n(OCc2ccccc2)c1=O.CCOC(=O)c1c(O)c2c(C)ncnc2n(OCc2ccccc2)c1=O.CCOC(=O)c1c(OS(=O)(=O)C(F)(F)F)c2c(C)ncnc2n(OCc2ccccc2)c1=O.Cc1ncnc2c1c(NCc1ccc(C(C)C)cc1)cc(=O)n2OCc1ccccc1. The number of halogens is 3. The van der Waals surface area contributed by atoms with Crippen molar-refractivity contribution in [2.75, 3.05) is 30.5 Å². The van der Waals surface area contributed by atoms with Crippen LogP contribution in [0.3, 0.4) is 0 Å². The Morgan fingerprint density at radius 3 is 1.13 bits per heavy atom. The minimum Gasteiger partial charge on any atom is -0.506 e. The van der Waals surface area contributed by atoms with Crippen LogP contribution in [0.5, 0.6) is 11.5 Å². The molecule has 0 saturated heterocycles. The molecule has 0 bridgehead atoms. The summed E-state index contributed by atoms with van der Waals surface area (Å²) in [6, 6.07) is 55.1. The van der Waals surface area contributed by atoms with Gasteiger partial charge in [0.25, 0.3) is 5.56 Å². The molecule has 36 heteroatoms. The zero-order valence-electron chi connectivity index (χ0n) is 70.4. The molecule has 654 valence electrons. The van der Waals surface area contributed by atoms with Gasteiger partial charge in [-0.25, -0.2) is 54.3 Å². The van der Waals surface area contributed by atoms with Gasteiger partial charge in [-0.2, -0.15) is 21.6 Å². The van der Waals surface area contributed by atoms with E-state index in [1.165, 1.54) is 48.7 Å². The quantitative estimate of drug-likeness (QED) is 0.0177. The Morgan fingerprint density at radius 1 is 0.413 bits per heavy atom. The zero-order valence-corrected chi connectivity index (χ0v) is 71.2. The van der Waals surface area contributed by atoms with E-state index in [-0.39, 0.29) is 79.7 Å². The highest BCUT2D eigenvalue weighted by Crippen LogP contribution is 2.36. The van der Waals surface area contributed by atoms with Crippen LogP contribution in [-0.4, -0.2) is 116 Å². The molecule has 6 aromatic carbocycles. The number of anilines is 2. The zero-order chi connectivity index (χ0) is 90.5. The Bertz CT molecular complexity index is 6620. The average Bonchev–Trinajstić information content (AvgIpc) is 0.733. The highest BCUT2D eigenvalue weighted by atomic mass is 32.2. The summed E-state index contributed by atoms with van der Waals surface area (Å²) in [5.41, 5.74) is 0.337.